The number of aromatic amines is 1. The number of carbonyl (C=O) groups excluding carboxylic acids is 1. The molecule has 0 aliphatic carbocycles. The van der Waals surface area contributed by atoms with E-state index >= 15 is 0 Å². The minimum atomic E-state index is -0.539. The average molecular weight is 324 g/mol. The molecule has 0 saturated carbocycles. The van der Waals surface area contributed by atoms with Gasteiger partial charge in [-0.1, -0.05) is 11.6 Å². The first-order valence-electron chi connectivity index (χ1n) is 6.91. The Labute approximate surface area is 132 Å². The topological polar surface area (TPSA) is 84.0 Å². The first-order valence-corrected chi connectivity index (χ1v) is 7.28. The summed E-state index contributed by atoms with van der Waals surface area (Å²) in [4.78, 5) is 38.8. The zero-order valence-corrected chi connectivity index (χ0v) is 13.5. The maximum absolute atomic E-state index is 12.4. The number of nitrogens with one attached hydrogen (secondary N) is 2. The molecule has 0 aliphatic heterocycles. The van der Waals surface area contributed by atoms with Gasteiger partial charge in [0.05, 0.1) is 10.9 Å². The maximum atomic E-state index is 12.4. The van der Waals surface area contributed by atoms with Crippen molar-refractivity contribution in [1.29, 1.82) is 0 Å². The highest BCUT2D eigenvalue weighted by Crippen LogP contribution is 2.13. The average Bonchev–Trinajstić information content (AvgIpc) is 2.37. The van der Waals surface area contributed by atoms with Crippen LogP contribution in [0.4, 0.5) is 0 Å². The van der Waals surface area contributed by atoms with Crippen LogP contribution in [0.25, 0.3) is 10.9 Å². The largest absolute Gasteiger partial charge is 0.351 e. The lowest BCUT2D eigenvalue weighted by Crippen LogP contribution is -2.42. The molecule has 2 N–H and O–H groups in total. The van der Waals surface area contributed by atoms with Crippen molar-refractivity contribution >= 4 is 28.4 Å². The van der Waals surface area contributed by atoms with Crippen LogP contribution in [0.5, 0.6) is 0 Å². The summed E-state index contributed by atoms with van der Waals surface area (Å²) in [5.41, 5.74) is -0.922. The summed E-state index contributed by atoms with van der Waals surface area (Å²) >= 11 is 5.88. The second-order valence-corrected chi connectivity index (χ2v) is 6.56. The van der Waals surface area contributed by atoms with Gasteiger partial charge < -0.3 is 10.3 Å². The molecule has 118 valence electrons. The third-order valence-corrected chi connectivity index (χ3v) is 3.26. The van der Waals surface area contributed by atoms with E-state index in [1.165, 1.54) is 6.07 Å². The highest BCUT2D eigenvalue weighted by Gasteiger charge is 2.15. The van der Waals surface area contributed by atoms with Crippen LogP contribution in [0.1, 0.15) is 27.2 Å². The number of fused-ring (bicyclic) bond motifs is 1. The molecule has 0 spiro atoms. The van der Waals surface area contributed by atoms with E-state index in [4.69, 9.17) is 11.6 Å². The predicted molar refractivity (Wildman–Crippen MR) is 86.4 cm³/mol. The lowest BCUT2D eigenvalue weighted by atomic mass is 10.1. The predicted octanol–water partition coefficient (Wildman–Crippen LogP) is 1.65. The van der Waals surface area contributed by atoms with Crippen molar-refractivity contribution in [2.45, 2.75) is 39.3 Å². The van der Waals surface area contributed by atoms with Crippen LogP contribution in [0.3, 0.4) is 0 Å². The number of halogens is 1. The molecule has 0 saturated heterocycles. The van der Waals surface area contributed by atoms with Gasteiger partial charge in [-0.25, -0.2) is 4.79 Å². The highest BCUT2D eigenvalue weighted by atomic mass is 35.5. The molecule has 2 rings (SSSR count). The van der Waals surface area contributed by atoms with Gasteiger partial charge in [0.2, 0.25) is 5.91 Å². The summed E-state index contributed by atoms with van der Waals surface area (Å²) in [7, 11) is 0. The number of aromatic nitrogens is 2. The van der Waals surface area contributed by atoms with Gasteiger partial charge in [0.1, 0.15) is 0 Å². The number of hydrogen-bond donors (Lipinski definition) is 2. The van der Waals surface area contributed by atoms with E-state index in [9.17, 15) is 14.4 Å². The van der Waals surface area contributed by atoms with Gasteiger partial charge >= 0.3 is 5.69 Å². The summed E-state index contributed by atoms with van der Waals surface area (Å²) in [6.07, 6.45) is 0.0479. The normalized spacial score (nSPS) is 11.6. The van der Waals surface area contributed by atoms with Crippen molar-refractivity contribution in [2.24, 2.45) is 0 Å². The Kier molecular flexibility index (Phi) is 4.42. The van der Waals surface area contributed by atoms with Crippen molar-refractivity contribution in [3.8, 4) is 0 Å². The Hall–Kier alpha value is -2.08. The fourth-order valence-electron chi connectivity index (χ4n) is 2.12. The van der Waals surface area contributed by atoms with E-state index in [2.05, 4.69) is 10.3 Å². The molecule has 0 fully saturated rings. The second-order valence-electron chi connectivity index (χ2n) is 6.13. The number of carbonyl (C=O) groups is 1. The van der Waals surface area contributed by atoms with Gasteiger partial charge in [0, 0.05) is 23.5 Å². The van der Waals surface area contributed by atoms with Gasteiger partial charge in [0.25, 0.3) is 5.56 Å². The summed E-state index contributed by atoms with van der Waals surface area (Å²) in [5.74, 6) is -0.218. The molecule has 0 atom stereocenters. The van der Waals surface area contributed by atoms with Crippen LogP contribution in [0, 0.1) is 0 Å². The van der Waals surface area contributed by atoms with Crippen LogP contribution in [0.2, 0.25) is 5.02 Å². The van der Waals surface area contributed by atoms with Crippen molar-refractivity contribution in [3.63, 3.8) is 0 Å². The molecule has 22 heavy (non-hydrogen) atoms. The van der Waals surface area contributed by atoms with E-state index in [1.54, 1.807) is 12.1 Å². The summed E-state index contributed by atoms with van der Waals surface area (Å²) in [6, 6.07) is 4.68. The van der Waals surface area contributed by atoms with Crippen molar-refractivity contribution in [1.82, 2.24) is 14.9 Å². The standard InChI is InChI=1S/C15H18ClN3O3/c1-15(2,3)18-12(20)6-7-19-13(21)10-8-9(16)4-5-11(10)17-14(19)22/h4-5,8H,6-7H2,1-3H3,(H,17,22)(H,18,20). The van der Waals surface area contributed by atoms with Gasteiger partial charge in [-0.2, -0.15) is 0 Å². The van der Waals surface area contributed by atoms with Gasteiger partial charge in [-0.15, -0.1) is 0 Å². The molecule has 2 aromatic rings. The molecule has 1 aromatic heterocycles. The lowest BCUT2D eigenvalue weighted by Gasteiger charge is -2.20. The molecule has 1 aromatic carbocycles. The van der Waals surface area contributed by atoms with Crippen LogP contribution in [-0.4, -0.2) is 21.0 Å². The quantitative estimate of drug-likeness (QED) is 0.900. The number of H-pyrrole nitrogens is 1. The molecule has 0 radical (unpaired) electrons. The van der Waals surface area contributed by atoms with E-state index in [-0.39, 0.29) is 24.4 Å². The molecule has 1 heterocycles. The molecule has 1 amide bonds. The zero-order valence-electron chi connectivity index (χ0n) is 12.7. The molecular weight excluding hydrogens is 306 g/mol. The van der Waals surface area contributed by atoms with Gasteiger partial charge in [-0.05, 0) is 39.0 Å². The molecule has 0 aliphatic rings. The third kappa shape index (κ3) is 3.76. The zero-order chi connectivity index (χ0) is 16.5. The number of nitrogens with zero attached hydrogens (tertiary/aromatic N) is 1. The van der Waals surface area contributed by atoms with E-state index in [0.717, 1.165) is 4.57 Å². The van der Waals surface area contributed by atoms with Gasteiger partial charge in [0.15, 0.2) is 0 Å². The summed E-state index contributed by atoms with van der Waals surface area (Å²) < 4.78 is 1.01. The maximum Gasteiger partial charge on any atom is 0.328 e. The van der Waals surface area contributed by atoms with Crippen LogP contribution in [0.15, 0.2) is 27.8 Å². The van der Waals surface area contributed by atoms with Gasteiger partial charge in [-0.3, -0.25) is 14.2 Å². The molecule has 0 bridgehead atoms. The number of rotatable bonds is 3. The fourth-order valence-corrected chi connectivity index (χ4v) is 2.29. The van der Waals surface area contributed by atoms with E-state index in [1.807, 2.05) is 20.8 Å². The molecule has 6 nitrogen and oxygen atoms in total. The first-order chi connectivity index (χ1) is 10.2. The van der Waals surface area contributed by atoms with Crippen LogP contribution in [-0.2, 0) is 11.3 Å². The van der Waals surface area contributed by atoms with Crippen molar-refractivity contribution in [2.75, 3.05) is 0 Å². The summed E-state index contributed by atoms with van der Waals surface area (Å²) in [5, 5.41) is 3.52. The highest BCUT2D eigenvalue weighted by molar-refractivity contribution is 6.31. The first kappa shape index (κ1) is 16.3. The Morgan fingerprint density at radius 1 is 1.32 bits per heavy atom. The number of benzene rings is 1. The smallest absolute Gasteiger partial charge is 0.328 e. The Bertz CT molecular complexity index is 831. The number of amides is 1. The molecular formula is C15H18ClN3O3. The van der Waals surface area contributed by atoms with Crippen LogP contribution >= 0.6 is 11.6 Å². The summed E-state index contributed by atoms with van der Waals surface area (Å²) in [6.45, 7) is 5.60. The monoisotopic (exact) mass is 323 g/mol. The SMILES string of the molecule is CC(C)(C)NC(=O)CCn1c(=O)[nH]c2ccc(Cl)cc2c1=O. The van der Waals surface area contributed by atoms with E-state index < -0.39 is 11.2 Å². The molecule has 7 heteroatoms. The van der Waals surface area contributed by atoms with Crippen LogP contribution < -0.4 is 16.6 Å². The van der Waals surface area contributed by atoms with Crippen molar-refractivity contribution < 1.29 is 4.79 Å². The minimum absolute atomic E-state index is 0.0124. The Morgan fingerprint density at radius 3 is 2.64 bits per heavy atom. The minimum Gasteiger partial charge on any atom is -0.351 e. The lowest BCUT2D eigenvalue weighted by molar-refractivity contribution is -0.122. The Balaban J connectivity index is 2.30. The molecule has 0 unspecified atom stereocenters. The van der Waals surface area contributed by atoms with E-state index in [0.29, 0.717) is 15.9 Å². The fraction of sp³-hybridized carbons (Fsp3) is 0.400. The van der Waals surface area contributed by atoms with Crippen molar-refractivity contribution in [3.05, 3.63) is 44.1 Å². The third-order valence-electron chi connectivity index (χ3n) is 3.02. The number of hydrogen-bond acceptors (Lipinski definition) is 3. The Morgan fingerprint density at radius 2 is 2.00 bits per heavy atom. The second kappa shape index (κ2) is 5.96.